The molecule has 0 heterocycles. The molecule has 0 amide bonds. The van der Waals surface area contributed by atoms with Crippen molar-refractivity contribution in [3.05, 3.63) is 0 Å². The summed E-state index contributed by atoms with van der Waals surface area (Å²) in [4.78, 5) is 4.09. The molecule has 0 aromatic carbocycles. The lowest BCUT2D eigenvalue weighted by Crippen LogP contribution is -2.58. The van der Waals surface area contributed by atoms with Gasteiger partial charge in [-0.2, -0.15) is 0 Å². The number of rotatable bonds is 5. The first-order chi connectivity index (χ1) is 13.8. The average Bonchev–Trinajstić information content (AvgIpc) is 3.05. The summed E-state index contributed by atoms with van der Waals surface area (Å²) in [6, 6.07) is 0. The molecule has 4 fully saturated rings. The highest BCUT2D eigenvalue weighted by Gasteiger charge is 2.63. The fourth-order valence-electron chi connectivity index (χ4n) is 8.90. The second-order valence-corrected chi connectivity index (χ2v) is 11.7. The van der Waals surface area contributed by atoms with E-state index in [-0.39, 0.29) is 17.6 Å². The Hall–Kier alpha value is -0.280. The van der Waals surface area contributed by atoms with Crippen LogP contribution in [0, 0.1) is 46.3 Å². The number of nitrogens with zero attached hydrogens (tertiary/aromatic N) is 1. The molecule has 4 aliphatic carbocycles. The van der Waals surface area contributed by atoms with Crippen molar-refractivity contribution < 1.29 is 10.2 Å². The third kappa shape index (κ3) is 3.56. The predicted octanol–water partition coefficient (Wildman–Crippen LogP) is 5.50. The molecule has 0 radical (unpaired) electrons. The second-order valence-electron chi connectivity index (χ2n) is 11.5. The largest absolute Gasteiger partial charge is 0.393 e. The van der Waals surface area contributed by atoms with Crippen LogP contribution in [0.25, 0.3) is 0 Å². The Morgan fingerprint density at radius 3 is 2.62 bits per heavy atom. The summed E-state index contributed by atoms with van der Waals surface area (Å²) in [6.07, 6.45) is 11.2. The number of thiocarbonyl (C=S) groups is 1. The topological polar surface area (TPSA) is 52.8 Å². The summed E-state index contributed by atoms with van der Waals surface area (Å²) in [6.45, 7) is 8.13. The minimum absolute atomic E-state index is 0.0748. The summed E-state index contributed by atoms with van der Waals surface area (Å²) in [5.74, 6) is 4.01. The van der Waals surface area contributed by atoms with E-state index in [0.29, 0.717) is 35.0 Å². The highest BCUT2D eigenvalue weighted by Crippen LogP contribution is 2.68. The summed E-state index contributed by atoms with van der Waals surface area (Å²) in [5, 5.41) is 24.3. The van der Waals surface area contributed by atoms with Gasteiger partial charge in [0, 0.05) is 6.54 Å². The molecule has 0 bridgehead atoms. The SMILES string of the molecule is C[C@H](CCCN=C=S)[C@H]1CC[C@H]2[C@@H]3CC[C@@H]4C[C@H](O)CC[C@]4(C)[C@H]3C[C@H](O)[C@]12C. The van der Waals surface area contributed by atoms with Gasteiger partial charge in [0.25, 0.3) is 0 Å². The monoisotopic (exact) mass is 419 g/mol. The van der Waals surface area contributed by atoms with Crippen molar-refractivity contribution in [2.45, 2.75) is 97.2 Å². The van der Waals surface area contributed by atoms with Crippen LogP contribution < -0.4 is 0 Å². The Labute approximate surface area is 182 Å². The Morgan fingerprint density at radius 2 is 1.86 bits per heavy atom. The van der Waals surface area contributed by atoms with Gasteiger partial charge in [-0.25, -0.2) is 4.99 Å². The number of isothiocyanates is 1. The van der Waals surface area contributed by atoms with Gasteiger partial charge >= 0.3 is 0 Å². The van der Waals surface area contributed by atoms with Gasteiger partial charge in [-0.05, 0) is 123 Å². The van der Waals surface area contributed by atoms with Gasteiger partial charge in [0.05, 0.1) is 17.4 Å². The summed E-state index contributed by atoms with van der Waals surface area (Å²) < 4.78 is 0. The van der Waals surface area contributed by atoms with Crippen molar-refractivity contribution in [1.82, 2.24) is 0 Å². The van der Waals surface area contributed by atoms with Crippen molar-refractivity contribution in [3.63, 3.8) is 0 Å². The normalized spacial score (nSPS) is 50.0. The molecule has 10 atom stereocenters. The summed E-state index contributed by atoms with van der Waals surface area (Å²) in [7, 11) is 0. The Bertz CT molecular complexity index is 649. The van der Waals surface area contributed by atoms with E-state index in [1.165, 1.54) is 32.1 Å². The summed E-state index contributed by atoms with van der Waals surface area (Å²) >= 11 is 4.69. The number of aliphatic hydroxyl groups is 2. The maximum atomic E-state index is 11.6. The molecule has 3 nitrogen and oxygen atoms in total. The van der Waals surface area contributed by atoms with Gasteiger partial charge in [0.1, 0.15) is 0 Å². The van der Waals surface area contributed by atoms with Crippen LogP contribution in [0.2, 0.25) is 0 Å². The predicted molar refractivity (Wildman–Crippen MR) is 121 cm³/mol. The number of aliphatic imine (C=N–C) groups is 1. The maximum Gasteiger partial charge on any atom is 0.0602 e. The molecule has 164 valence electrons. The zero-order valence-electron chi connectivity index (χ0n) is 18.6. The third-order valence-corrected chi connectivity index (χ3v) is 10.6. The molecule has 2 N–H and O–H groups in total. The molecule has 0 spiro atoms. The van der Waals surface area contributed by atoms with E-state index in [4.69, 9.17) is 12.2 Å². The molecule has 0 aromatic rings. The molecule has 4 aliphatic rings. The highest BCUT2D eigenvalue weighted by atomic mass is 32.1. The lowest BCUT2D eigenvalue weighted by Gasteiger charge is -2.62. The standard InChI is InChI=1S/C25H41NO2S/c1-16(5-4-12-26-15-29)20-8-9-21-19-7-6-17-13-18(27)10-11-24(17,2)22(19)14-23(28)25(20,21)3/h16-23,27-28H,4-14H2,1-3H3/t16-,17-,18-,19+,20-,21+,22+,23+,24+,25-/m1/s1. The summed E-state index contributed by atoms with van der Waals surface area (Å²) in [5.41, 5.74) is 0.401. The van der Waals surface area contributed by atoms with E-state index in [1.54, 1.807) is 0 Å². The quantitative estimate of drug-likeness (QED) is 0.352. The first-order valence-electron chi connectivity index (χ1n) is 12.2. The Balaban J connectivity index is 1.52. The fraction of sp³-hybridized carbons (Fsp3) is 0.960. The average molecular weight is 420 g/mol. The van der Waals surface area contributed by atoms with E-state index in [1.807, 2.05) is 0 Å². The zero-order chi connectivity index (χ0) is 20.8. The molecule has 4 heteroatoms. The molecule has 0 aliphatic heterocycles. The van der Waals surface area contributed by atoms with Crippen LogP contribution in [0.4, 0.5) is 0 Å². The van der Waals surface area contributed by atoms with Crippen LogP contribution in [0.5, 0.6) is 0 Å². The van der Waals surface area contributed by atoms with Crippen LogP contribution >= 0.6 is 12.2 Å². The van der Waals surface area contributed by atoms with Gasteiger partial charge in [0.15, 0.2) is 0 Å². The van der Waals surface area contributed by atoms with E-state index in [0.717, 1.165) is 44.6 Å². The van der Waals surface area contributed by atoms with Crippen LogP contribution in [0.15, 0.2) is 4.99 Å². The molecule has 4 rings (SSSR count). The minimum Gasteiger partial charge on any atom is -0.393 e. The van der Waals surface area contributed by atoms with Gasteiger partial charge in [-0.3, -0.25) is 0 Å². The van der Waals surface area contributed by atoms with Crippen molar-refractivity contribution in [2.24, 2.45) is 51.3 Å². The van der Waals surface area contributed by atoms with Crippen LogP contribution in [-0.2, 0) is 0 Å². The number of fused-ring (bicyclic) bond motifs is 5. The minimum atomic E-state index is -0.176. The van der Waals surface area contributed by atoms with Crippen molar-refractivity contribution in [3.8, 4) is 0 Å². The molecular weight excluding hydrogens is 378 g/mol. The van der Waals surface area contributed by atoms with Crippen LogP contribution in [0.1, 0.15) is 85.0 Å². The van der Waals surface area contributed by atoms with Crippen LogP contribution in [0.3, 0.4) is 0 Å². The third-order valence-electron chi connectivity index (χ3n) is 10.5. The Kier molecular flexibility index (Phi) is 6.31. The van der Waals surface area contributed by atoms with Gasteiger partial charge in [-0.15, -0.1) is 0 Å². The first kappa shape index (κ1) is 21.9. The van der Waals surface area contributed by atoms with Crippen molar-refractivity contribution >= 4 is 17.4 Å². The van der Waals surface area contributed by atoms with Gasteiger partial charge in [-0.1, -0.05) is 20.8 Å². The molecule has 4 saturated carbocycles. The van der Waals surface area contributed by atoms with Crippen molar-refractivity contribution in [2.75, 3.05) is 6.54 Å². The Morgan fingerprint density at radius 1 is 1.07 bits per heavy atom. The second kappa shape index (κ2) is 8.34. The van der Waals surface area contributed by atoms with Crippen molar-refractivity contribution in [1.29, 1.82) is 0 Å². The molecule has 29 heavy (non-hydrogen) atoms. The number of hydrogen-bond acceptors (Lipinski definition) is 4. The van der Waals surface area contributed by atoms with Gasteiger partial charge < -0.3 is 10.2 Å². The molecule has 0 unspecified atom stereocenters. The number of hydrogen-bond donors (Lipinski definition) is 2. The fourth-order valence-corrected chi connectivity index (χ4v) is 8.99. The smallest absolute Gasteiger partial charge is 0.0602 e. The first-order valence-corrected chi connectivity index (χ1v) is 12.6. The number of aliphatic hydroxyl groups excluding tert-OH is 2. The van der Waals surface area contributed by atoms with Gasteiger partial charge in [0.2, 0.25) is 0 Å². The van der Waals surface area contributed by atoms with E-state index in [2.05, 4.69) is 30.9 Å². The van der Waals surface area contributed by atoms with E-state index < -0.39 is 0 Å². The molecule has 0 saturated heterocycles. The zero-order valence-corrected chi connectivity index (χ0v) is 19.5. The molecular formula is C25H41NO2S. The molecule has 0 aromatic heterocycles. The lowest BCUT2D eigenvalue weighted by molar-refractivity contribution is -0.174. The van der Waals surface area contributed by atoms with E-state index >= 15 is 0 Å². The highest BCUT2D eigenvalue weighted by molar-refractivity contribution is 7.78. The maximum absolute atomic E-state index is 11.6. The lowest BCUT2D eigenvalue weighted by atomic mass is 9.43. The van der Waals surface area contributed by atoms with E-state index in [9.17, 15) is 10.2 Å². The van der Waals surface area contributed by atoms with Crippen LogP contribution in [-0.4, -0.2) is 34.1 Å².